The molecule has 0 aliphatic rings. The molecule has 0 bridgehead atoms. The minimum absolute atomic E-state index is 0.0253. The quantitative estimate of drug-likeness (QED) is 0.443. The van der Waals surface area contributed by atoms with Gasteiger partial charge in [0.2, 0.25) is 5.91 Å². The van der Waals surface area contributed by atoms with Gasteiger partial charge in [-0.1, -0.05) is 0 Å². The summed E-state index contributed by atoms with van der Waals surface area (Å²) in [7, 11) is 0. The molecule has 2 heterocycles. The van der Waals surface area contributed by atoms with Gasteiger partial charge >= 0.3 is 6.18 Å². The van der Waals surface area contributed by atoms with Crippen LogP contribution in [0, 0.1) is 10.1 Å². The van der Waals surface area contributed by atoms with Crippen LogP contribution in [0.2, 0.25) is 0 Å². The Kier molecular flexibility index (Phi) is 5.90. The lowest BCUT2D eigenvalue weighted by Gasteiger charge is -2.11. The van der Waals surface area contributed by atoms with Gasteiger partial charge in [0.25, 0.3) is 5.69 Å². The number of nitrogens with zero attached hydrogens (tertiary/aromatic N) is 5. The summed E-state index contributed by atoms with van der Waals surface area (Å²) in [5.41, 5.74) is -1.54. The minimum atomic E-state index is -4.69. The molecule has 0 saturated carbocycles. The number of halogens is 3. The number of nitro benzene ring substituents is 1. The number of aromatic nitrogens is 4. The van der Waals surface area contributed by atoms with Crippen molar-refractivity contribution in [3.8, 4) is 5.82 Å². The van der Waals surface area contributed by atoms with Crippen LogP contribution < -0.4 is 10.6 Å². The normalized spacial score (nSPS) is 11.2. The largest absolute Gasteiger partial charge is 0.416 e. The number of carbonyl (C=O) groups excluding carboxylic acids is 1. The maximum atomic E-state index is 12.7. The van der Waals surface area contributed by atoms with Crippen LogP contribution in [0.25, 0.3) is 5.82 Å². The fourth-order valence-corrected chi connectivity index (χ4v) is 2.46. The summed E-state index contributed by atoms with van der Waals surface area (Å²) in [6.07, 6.45) is -0.537. The molecule has 2 aromatic heterocycles. The van der Waals surface area contributed by atoms with Crippen molar-refractivity contribution in [3.63, 3.8) is 0 Å². The molecule has 0 unspecified atom stereocenters. The summed E-state index contributed by atoms with van der Waals surface area (Å²) in [4.78, 5) is 30.1. The number of hydrogen-bond acceptors (Lipinski definition) is 7. The first kappa shape index (κ1) is 20.7. The number of nitrogens with one attached hydrogen (secondary N) is 2. The van der Waals surface area contributed by atoms with E-state index in [1.807, 2.05) is 0 Å². The van der Waals surface area contributed by atoms with Gasteiger partial charge in [0.15, 0.2) is 5.82 Å². The van der Waals surface area contributed by atoms with E-state index in [9.17, 15) is 28.1 Å². The topological polar surface area (TPSA) is 128 Å². The highest BCUT2D eigenvalue weighted by molar-refractivity contribution is 5.90. The average Bonchev–Trinajstić information content (AvgIpc) is 3.22. The number of carbonyl (C=O) groups is 1. The maximum Gasteiger partial charge on any atom is 0.416 e. The Hall–Kier alpha value is -4.03. The van der Waals surface area contributed by atoms with Gasteiger partial charge in [-0.3, -0.25) is 14.9 Å². The first-order valence-corrected chi connectivity index (χ1v) is 8.44. The summed E-state index contributed by atoms with van der Waals surface area (Å²) in [5.74, 6) is 0.0918. The van der Waals surface area contributed by atoms with Gasteiger partial charge in [0, 0.05) is 19.0 Å². The van der Waals surface area contributed by atoms with E-state index in [1.54, 1.807) is 12.1 Å². The van der Waals surface area contributed by atoms with E-state index in [4.69, 9.17) is 0 Å². The lowest BCUT2D eigenvalue weighted by Crippen LogP contribution is -2.17. The third-order valence-corrected chi connectivity index (χ3v) is 3.87. The third-order valence-electron chi connectivity index (χ3n) is 3.87. The molecule has 0 radical (unpaired) electrons. The lowest BCUT2D eigenvalue weighted by atomic mass is 10.1. The first-order chi connectivity index (χ1) is 14.2. The summed E-state index contributed by atoms with van der Waals surface area (Å²) in [6.45, 7) is -0.0253. The fraction of sp³-hybridized carbons (Fsp3) is 0.176. The zero-order chi connectivity index (χ0) is 21.7. The molecule has 2 N–H and O–H groups in total. The molecule has 0 saturated heterocycles. The van der Waals surface area contributed by atoms with Crippen molar-refractivity contribution < 1.29 is 22.9 Å². The summed E-state index contributed by atoms with van der Waals surface area (Å²) >= 11 is 0. The summed E-state index contributed by atoms with van der Waals surface area (Å²) in [5, 5.41) is 20.2. The lowest BCUT2D eigenvalue weighted by molar-refractivity contribution is -0.384. The van der Waals surface area contributed by atoms with Crippen LogP contribution in [0.1, 0.15) is 12.0 Å². The minimum Gasteiger partial charge on any atom is -0.379 e. The Morgan fingerprint density at radius 3 is 2.63 bits per heavy atom. The zero-order valence-electron chi connectivity index (χ0n) is 15.1. The molecule has 0 spiro atoms. The fourth-order valence-electron chi connectivity index (χ4n) is 2.46. The molecular formula is C17H14F3N7O3. The second kappa shape index (κ2) is 8.55. The molecule has 1 amide bonds. The number of nitro groups is 1. The molecule has 13 heteroatoms. The molecule has 0 fully saturated rings. The number of anilines is 2. The maximum absolute atomic E-state index is 12.7. The third kappa shape index (κ3) is 5.06. The van der Waals surface area contributed by atoms with E-state index < -0.39 is 28.3 Å². The van der Waals surface area contributed by atoms with Gasteiger partial charge in [0.05, 0.1) is 22.4 Å². The first-order valence-electron chi connectivity index (χ1n) is 8.44. The second-order valence-corrected chi connectivity index (χ2v) is 5.96. The molecule has 0 aliphatic carbocycles. The van der Waals surface area contributed by atoms with E-state index in [-0.39, 0.29) is 18.7 Å². The van der Waals surface area contributed by atoms with Crippen LogP contribution in [0.4, 0.5) is 30.2 Å². The predicted molar refractivity (Wildman–Crippen MR) is 99.0 cm³/mol. The van der Waals surface area contributed by atoms with Crippen molar-refractivity contribution in [2.24, 2.45) is 0 Å². The Morgan fingerprint density at radius 1 is 1.23 bits per heavy atom. The van der Waals surface area contributed by atoms with Gasteiger partial charge in [0.1, 0.15) is 18.3 Å². The van der Waals surface area contributed by atoms with Gasteiger partial charge in [-0.15, -0.1) is 0 Å². The van der Waals surface area contributed by atoms with Crippen LogP contribution in [-0.2, 0) is 11.0 Å². The van der Waals surface area contributed by atoms with E-state index in [1.165, 1.54) is 23.5 Å². The molecule has 1 aromatic carbocycles. The highest BCUT2D eigenvalue weighted by atomic mass is 19.4. The van der Waals surface area contributed by atoms with Crippen LogP contribution >= 0.6 is 0 Å². The summed E-state index contributed by atoms with van der Waals surface area (Å²) < 4.78 is 39.6. The SMILES string of the molecule is O=C(CCNc1ccc(C(F)(F)F)cc1[N+](=O)[O-])Nc1ccc(-n2cncn2)nc1. The molecular weight excluding hydrogens is 407 g/mol. The van der Waals surface area contributed by atoms with Crippen molar-refractivity contribution in [3.05, 3.63) is 64.9 Å². The Bertz CT molecular complexity index is 1040. The van der Waals surface area contributed by atoms with Gasteiger partial charge in [-0.25, -0.2) is 14.6 Å². The second-order valence-electron chi connectivity index (χ2n) is 5.96. The van der Waals surface area contributed by atoms with Crippen LogP contribution in [-0.4, -0.2) is 37.1 Å². The highest BCUT2D eigenvalue weighted by Crippen LogP contribution is 2.34. The van der Waals surface area contributed by atoms with Crippen molar-refractivity contribution in [1.82, 2.24) is 19.7 Å². The molecule has 0 atom stereocenters. The smallest absolute Gasteiger partial charge is 0.379 e. The number of amides is 1. The number of alkyl halides is 3. The average molecular weight is 421 g/mol. The molecule has 3 aromatic rings. The molecule has 30 heavy (non-hydrogen) atoms. The molecule has 0 aliphatic heterocycles. The van der Waals surface area contributed by atoms with Gasteiger partial charge in [-0.05, 0) is 24.3 Å². The van der Waals surface area contributed by atoms with E-state index in [2.05, 4.69) is 25.7 Å². The van der Waals surface area contributed by atoms with E-state index in [0.717, 1.165) is 12.1 Å². The predicted octanol–water partition coefficient (Wildman–Crippen LogP) is 3.03. The highest BCUT2D eigenvalue weighted by Gasteiger charge is 2.33. The van der Waals surface area contributed by atoms with Crippen molar-refractivity contribution in [2.75, 3.05) is 17.2 Å². The standard InChI is InChI=1S/C17H14F3N7O3/c18-17(19,20)11-1-3-13(14(7-11)27(29)30)22-6-5-16(28)25-12-2-4-15(23-8-12)26-10-21-9-24-26/h1-4,7-10,22H,5-6H2,(H,25,28). The van der Waals surface area contributed by atoms with Crippen LogP contribution in [0.15, 0.2) is 49.2 Å². The number of rotatable bonds is 7. The Labute approximate surface area is 166 Å². The van der Waals surface area contributed by atoms with Crippen molar-refractivity contribution >= 4 is 23.0 Å². The molecule has 3 rings (SSSR count). The van der Waals surface area contributed by atoms with E-state index >= 15 is 0 Å². The molecule has 10 nitrogen and oxygen atoms in total. The van der Waals surface area contributed by atoms with Gasteiger partial charge < -0.3 is 10.6 Å². The van der Waals surface area contributed by atoms with Gasteiger partial charge in [-0.2, -0.15) is 18.3 Å². The number of benzene rings is 1. The van der Waals surface area contributed by atoms with Crippen molar-refractivity contribution in [1.29, 1.82) is 0 Å². The number of pyridine rings is 1. The monoisotopic (exact) mass is 421 g/mol. The Morgan fingerprint density at radius 2 is 2.03 bits per heavy atom. The van der Waals surface area contributed by atoms with E-state index in [0.29, 0.717) is 17.6 Å². The molecule has 156 valence electrons. The number of hydrogen-bond donors (Lipinski definition) is 2. The van der Waals surface area contributed by atoms with Crippen molar-refractivity contribution in [2.45, 2.75) is 12.6 Å². The zero-order valence-corrected chi connectivity index (χ0v) is 15.1. The Balaban J connectivity index is 1.56. The van der Waals surface area contributed by atoms with Crippen LogP contribution in [0.5, 0.6) is 0 Å². The summed E-state index contributed by atoms with van der Waals surface area (Å²) in [6, 6.07) is 5.37. The van der Waals surface area contributed by atoms with Crippen LogP contribution in [0.3, 0.4) is 0 Å².